The Balaban J connectivity index is 1.89. The molecule has 0 fully saturated rings. The molecule has 0 saturated carbocycles. The van der Waals surface area contributed by atoms with Crippen LogP contribution >= 0.6 is 0 Å². The molecule has 1 aliphatic heterocycles. The van der Waals surface area contributed by atoms with E-state index in [1.165, 1.54) is 0 Å². The number of carbonyl (C=O) groups is 1. The van der Waals surface area contributed by atoms with Crippen LogP contribution in [0.1, 0.15) is 22.4 Å². The predicted octanol–water partition coefficient (Wildman–Crippen LogP) is 4.05. The third-order valence-electron chi connectivity index (χ3n) is 4.42. The van der Waals surface area contributed by atoms with E-state index >= 15 is 0 Å². The Kier molecular flexibility index (Phi) is 3.13. The van der Waals surface area contributed by atoms with Gasteiger partial charge in [0.05, 0.1) is 11.3 Å². The maximum atomic E-state index is 12.4. The van der Waals surface area contributed by atoms with Gasteiger partial charge in [-0.15, -0.1) is 0 Å². The highest BCUT2D eigenvalue weighted by atomic mass is 16.3. The van der Waals surface area contributed by atoms with Gasteiger partial charge in [0.15, 0.2) is 0 Å². The Hall–Kier alpha value is -3.14. The minimum Gasteiger partial charge on any atom is -0.506 e. The van der Waals surface area contributed by atoms with Crippen LogP contribution in [0.5, 0.6) is 5.75 Å². The second kappa shape index (κ2) is 5.20. The molecule has 1 aliphatic rings. The highest BCUT2D eigenvalue weighted by Crippen LogP contribution is 2.39. The summed E-state index contributed by atoms with van der Waals surface area (Å²) in [5.74, 6) is 0.452. The number of anilines is 1. The van der Waals surface area contributed by atoms with Crippen molar-refractivity contribution in [2.24, 2.45) is 0 Å². The molecule has 3 aromatic rings. The van der Waals surface area contributed by atoms with Gasteiger partial charge in [0.2, 0.25) is 0 Å². The average molecular weight is 316 g/mol. The summed E-state index contributed by atoms with van der Waals surface area (Å²) in [5, 5.41) is 15.2. The topological polar surface area (TPSA) is 62.2 Å². The summed E-state index contributed by atoms with van der Waals surface area (Å²) in [4.78, 5) is 16.7. The lowest BCUT2D eigenvalue weighted by Gasteiger charge is -2.08. The number of hydrogen-bond acceptors (Lipinski definition) is 3. The van der Waals surface area contributed by atoms with Crippen LogP contribution in [0.3, 0.4) is 0 Å². The van der Waals surface area contributed by atoms with E-state index in [1.54, 1.807) is 13.8 Å². The number of hydrogen-bond donors (Lipinski definition) is 2. The Labute approximate surface area is 139 Å². The summed E-state index contributed by atoms with van der Waals surface area (Å²) >= 11 is 0. The minimum absolute atomic E-state index is 0.134. The van der Waals surface area contributed by atoms with E-state index in [0.29, 0.717) is 28.2 Å². The number of aryl methyl sites for hydroxylation is 1. The smallest absolute Gasteiger partial charge is 0.257 e. The van der Waals surface area contributed by atoms with Gasteiger partial charge in [-0.3, -0.25) is 4.79 Å². The van der Waals surface area contributed by atoms with Crippen molar-refractivity contribution in [1.82, 2.24) is 4.98 Å². The van der Waals surface area contributed by atoms with Crippen LogP contribution in [0.25, 0.3) is 22.4 Å². The molecule has 0 spiro atoms. The SMILES string of the molecule is Cc1nc2c(c(C)c1O)C(=Cc1ccc3ccccc3c1)C(=O)N2. The first kappa shape index (κ1) is 14.5. The molecule has 0 atom stereocenters. The first-order valence-corrected chi connectivity index (χ1v) is 7.77. The van der Waals surface area contributed by atoms with Crippen molar-refractivity contribution in [1.29, 1.82) is 0 Å². The van der Waals surface area contributed by atoms with Crippen molar-refractivity contribution < 1.29 is 9.90 Å². The molecule has 0 bridgehead atoms. The number of rotatable bonds is 1. The van der Waals surface area contributed by atoms with Gasteiger partial charge < -0.3 is 10.4 Å². The van der Waals surface area contributed by atoms with Gasteiger partial charge in [-0.05, 0) is 42.3 Å². The number of benzene rings is 2. The van der Waals surface area contributed by atoms with Gasteiger partial charge in [0.25, 0.3) is 5.91 Å². The molecule has 0 aliphatic carbocycles. The number of nitrogens with one attached hydrogen (secondary N) is 1. The van der Waals surface area contributed by atoms with Gasteiger partial charge in [0.1, 0.15) is 11.6 Å². The molecule has 1 amide bonds. The van der Waals surface area contributed by atoms with Gasteiger partial charge >= 0.3 is 0 Å². The van der Waals surface area contributed by atoms with E-state index in [4.69, 9.17) is 0 Å². The molecule has 24 heavy (non-hydrogen) atoms. The van der Waals surface area contributed by atoms with E-state index in [9.17, 15) is 9.90 Å². The molecule has 2 heterocycles. The summed E-state index contributed by atoms with van der Waals surface area (Å²) < 4.78 is 0. The van der Waals surface area contributed by atoms with E-state index < -0.39 is 0 Å². The van der Waals surface area contributed by atoms with Crippen molar-refractivity contribution in [3.63, 3.8) is 0 Å². The molecule has 4 heteroatoms. The van der Waals surface area contributed by atoms with Gasteiger partial charge in [-0.25, -0.2) is 4.98 Å². The lowest BCUT2D eigenvalue weighted by Crippen LogP contribution is -2.04. The van der Waals surface area contributed by atoms with E-state index in [1.807, 2.05) is 42.5 Å². The van der Waals surface area contributed by atoms with Crippen LogP contribution in [0.2, 0.25) is 0 Å². The Morgan fingerprint density at radius 2 is 1.83 bits per heavy atom. The number of nitrogens with zero attached hydrogens (tertiary/aromatic N) is 1. The van der Waals surface area contributed by atoms with Crippen LogP contribution in [0, 0.1) is 13.8 Å². The van der Waals surface area contributed by atoms with E-state index in [0.717, 1.165) is 16.3 Å². The monoisotopic (exact) mass is 316 g/mol. The van der Waals surface area contributed by atoms with E-state index in [-0.39, 0.29) is 11.7 Å². The number of aromatic nitrogens is 1. The highest BCUT2D eigenvalue weighted by molar-refractivity contribution is 6.35. The molecule has 1 aromatic heterocycles. The number of pyridine rings is 1. The summed E-state index contributed by atoms with van der Waals surface area (Å²) in [5.41, 5.74) is 3.32. The fourth-order valence-electron chi connectivity index (χ4n) is 3.15. The lowest BCUT2D eigenvalue weighted by atomic mass is 9.99. The van der Waals surface area contributed by atoms with Gasteiger partial charge in [0, 0.05) is 11.1 Å². The van der Waals surface area contributed by atoms with Gasteiger partial charge in [-0.2, -0.15) is 0 Å². The second-order valence-corrected chi connectivity index (χ2v) is 6.01. The summed E-state index contributed by atoms with van der Waals surface area (Å²) in [6.45, 7) is 3.52. The molecular weight excluding hydrogens is 300 g/mol. The Morgan fingerprint density at radius 3 is 2.62 bits per heavy atom. The van der Waals surface area contributed by atoms with Crippen LogP contribution in [0.15, 0.2) is 42.5 Å². The zero-order valence-corrected chi connectivity index (χ0v) is 13.4. The molecule has 0 radical (unpaired) electrons. The predicted molar refractivity (Wildman–Crippen MR) is 95.8 cm³/mol. The lowest BCUT2D eigenvalue weighted by molar-refractivity contribution is -0.110. The second-order valence-electron chi connectivity index (χ2n) is 6.01. The Morgan fingerprint density at radius 1 is 1.08 bits per heavy atom. The molecule has 4 rings (SSSR count). The molecule has 2 N–H and O–H groups in total. The van der Waals surface area contributed by atoms with E-state index in [2.05, 4.69) is 16.4 Å². The van der Waals surface area contributed by atoms with Crippen molar-refractivity contribution in [2.45, 2.75) is 13.8 Å². The average Bonchev–Trinajstić information content (AvgIpc) is 2.88. The fraction of sp³-hybridized carbons (Fsp3) is 0.100. The molecule has 2 aromatic carbocycles. The Bertz CT molecular complexity index is 1040. The van der Waals surface area contributed by atoms with Crippen molar-refractivity contribution in [2.75, 3.05) is 5.32 Å². The standard InChI is InChI=1S/C20H16N2O2/c1-11-17-16(20(24)22-19(17)21-12(2)18(11)23)10-13-7-8-14-5-3-4-6-15(14)9-13/h3-10,23H,1-2H3,(H,21,22,24). The summed E-state index contributed by atoms with van der Waals surface area (Å²) in [6, 6.07) is 14.2. The van der Waals surface area contributed by atoms with Crippen molar-refractivity contribution in [3.8, 4) is 5.75 Å². The van der Waals surface area contributed by atoms with Crippen molar-refractivity contribution >= 4 is 34.1 Å². The third kappa shape index (κ3) is 2.15. The maximum Gasteiger partial charge on any atom is 0.257 e. The minimum atomic E-state index is -0.196. The van der Waals surface area contributed by atoms with Crippen LogP contribution < -0.4 is 5.32 Å². The maximum absolute atomic E-state index is 12.4. The molecular formula is C20H16N2O2. The quantitative estimate of drug-likeness (QED) is 0.666. The largest absolute Gasteiger partial charge is 0.506 e. The zero-order chi connectivity index (χ0) is 16.8. The van der Waals surface area contributed by atoms with Crippen LogP contribution in [0.4, 0.5) is 5.82 Å². The molecule has 118 valence electrons. The number of fused-ring (bicyclic) bond motifs is 2. The molecule has 0 saturated heterocycles. The van der Waals surface area contributed by atoms with Gasteiger partial charge in [-0.1, -0.05) is 36.4 Å². The third-order valence-corrected chi connectivity index (χ3v) is 4.42. The number of carbonyl (C=O) groups excluding carboxylic acids is 1. The highest BCUT2D eigenvalue weighted by Gasteiger charge is 2.29. The van der Waals surface area contributed by atoms with Crippen LogP contribution in [-0.2, 0) is 4.79 Å². The molecule has 4 nitrogen and oxygen atoms in total. The first-order chi connectivity index (χ1) is 11.5. The van der Waals surface area contributed by atoms with Crippen LogP contribution in [-0.4, -0.2) is 16.0 Å². The summed E-state index contributed by atoms with van der Waals surface area (Å²) in [6.07, 6.45) is 1.84. The first-order valence-electron chi connectivity index (χ1n) is 7.77. The van der Waals surface area contributed by atoms with Crippen molar-refractivity contribution in [3.05, 3.63) is 64.8 Å². The normalized spacial score (nSPS) is 14.9. The zero-order valence-electron chi connectivity index (χ0n) is 13.4. The molecule has 0 unspecified atom stereocenters. The number of amides is 1. The fourth-order valence-corrected chi connectivity index (χ4v) is 3.15. The summed E-state index contributed by atoms with van der Waals surface area (Å²) in [7, 11) is 0. The number of aromatic hydroxyl groups is 1.